The van der Waals surface area contributed by atoms with E-state index in [-0.39, 0.29) is 6.61 Å². The van der Waals surface area contributed by atoms with Crippen molar-refractivity contribution in [3.05, 3.63) is 58.2 Å². The summed E-state index contributed by atoms with van der Waals surface area (Å²) < 4.78 is 5.44. The molecule has 7 heteroatoms. The highest BCUT2D eigenvalue weighted by Gasteiger charge is 2.30. The minimum absolute atomic E-state index is 0.0850. The summed E-state index contributed by atoms with van der Waals surface area (Å²) in [5.41, 5.74) is 13.7. The van der Waals surface area contributed by atoms with Gasteiger partial charge in [0.2, 0.25) is 0 Å². The molecule has 6 nitrogen and oxygen atoms in total. The predicted molar refractivity (Wildman–Crippen MR) is 113 cm³/mol. The number of anilines is 1. The number of pyridine rings is 1. The number of ether oxygens (including phenoxy) is 1. The van der Waals surface area contributed by atoms with Crippen LogP contribution in [0.1, 0.15) is 36.5 Å². The number of nitrogens with two attached hydrogens (primary N) is 2. The van der Waals surface area contributed by atoms with E-state index in [1.54, 1.807) is 26.1 Å². The second kappa shape index (κ2) is 10.4. The molecular weight excluding hydrogens is 376 g/mol. The summed E-state index contributed by atoms with van der Waals surface area (Å²) in [6.45, 7) is 2.47. The molecule has 0 fully saturated rings. The summed E-state index contributed by atoms with van der Waals surface area (Å²) in [6, 6.07) is 11.6. The van der Waals surface area contributed by atoms with Gasteiger partial charge in [-0.15, -0.1) is 0 Å². The zero-order valence-electron chi connectivity index (χ0n) is 16.5. The Labute approximate surface area is 171 Å². The van der Waals surface area contributed by atoms with E-state index in [4.69, 9.17) is 27.8 Å². The van der Waals surface area contributed by atoms with Crippen molar-refractivity contribution >= 4 is 23.4 Å². The Kier molecular flexibility index (Phi) is 8.23. The van der Waals surface area contributed by atoms with Gasteiger partial charge in [-0.3, -0.25) is 4.79 Å². The van der Waals surface area contributed by atoms with E-state index in [2.05, 4.69) is 22.4 Å². The van der Waals surface area contributed by atoms with Crippen LogP contribution in [0.15, 0.2) is 36.4 Å². The van der Waals surface area contributed by atoms with Gasteiger partial charge in [0, 0.05) is 13.5 Å². The quantitative estimate of drug-likeness (QED) is 0.319. The summed E-state index contributed by atoms with van der Waals surface area (Å²) in [7, 11) is 1.75. The van der Waals surface area contributed by atoms with Gasteiger partial charge in [-0.2, -0.15) is 0 Å². The van der Waals surface area contributed by atoms with Crippen molar-refractivity contribution in [2.45, 2.75) is 44.8 Å². The third-order valence-electron chi connectivity index (χ3n) is 4.43. The fraction of sp³-hybridized carbons (Fsp3) is 0.429. The van der Waals surface area contributed by atoms with E-state index < -0.39 is 11.5 Å². The number of benzene rings is 1. The van der Waals surface area contributed by atoms with Gasteiger partial charge in [0.15, 0.2) is 0 Å². The van der Waals surface area contributed by atoms with Crippen LogP contribution in [0.5, 0.6) is 0 Å². The van der Waals surface area contributed by atoms with Crippen molar-refractivity contribution in [2.75, 3.05) is 18.9 Å². The van der Waals surface area contributed by atoms with Crippen molar-refractivity contribution in [1.82, 2.24) is 4.98 Å². The predicted octanol–water partition coefficient (Wildman–Crippen LogP) is 3.06. The minimum atomic E-state index is -1.13. The Morgan fingerprint density at radius 1 is 1.21 bits per heavy atom. The summed E-state index contributed by atoms with van der Waals surface area (Å²) in [4.78, 5) is 16.7. The zero-order valence-corrected chi connectivity index (χ0v) is 17.3. The Morgan fingerprint density at radius 3 is 2.68 bits per heavy atom. The normalized spacial score (nSPS) is 13.0. The first-order chi connectivity index (χ1) is 13.3. The Balaban J connectivity index is 1.97. The molecule has 0 spiro atoms. The number of rotatable bonds is 10. The van der Waals surface area contributed by atoms with Gasteiger partial charge in [0.25, 0.3) is 0 Å². The van der Waals surface area contributed by atoms with Crippen molar-refractivity contribution in [3.63, 3.8) is 0 Å². The van der Waals surface area contributed by atoms with E-state index in [0.29, 0.717) is 23.9 Å². The lowest BCUT2D eigenvalue weighted by atomic mass is 9.92. The van der Waals surface area contributed by atoms with Crippen LogP contribution in [0.4, 0.5) is 5.82 Å². The molecule has 1 aromatic heterocycles. The third kappa shape index (κ3) is 6.78. The highest BCUT2D eigenvalue weighted by molar-refractivity contribution is 6.29. The van der Waals surface area contributed by atoms with Crippen molar-refractivity contribution in [1.29, 1.82) is 0 Å². The average Bonchev–Trinajstić information content (AvgIpc) is 2.65. The van der Waals surface area contributed by atoms with Gasteiger partial charge in [-0.1, -0.05) is 35.9 Å². The van der Waals surface area contributed by atoms with Crippen LogP contribution in [-0.4, -0.2) is 30.1 Å². The SMILES string of the molecule is CNc1cc(COC(=O)C(C)(N)Cc2cccc(CCCCN)c2)cc(Cl)n1. The summed E-state index contributed by atoms with van der Waals surface area (Å²) in [5, 5.41) is 3.25. The van der Waals surface area contributed by atoms with Crippen LogP contribution in [-0.2, 0) is 29.0 Å². The lowest BCUT2D eigenvalue weighted by Crippen LogP contribution is -2.48. The fourth-order valence-electron chi connectivity index (χ4n) is 2.94. The molecular formula is C21H29ClN4O2. The van der Waals surface area contributed by atoms with Crippen LogP contribution < -0.4 is 16.8 Å². The third-order valence-corrected chi connectivity index (χ3v) is 4.62. The van der Waals surface area contributed by atoms with E-state index >= 15 is 0 Å². The molecule has 152 valence electrons. The maximum Gasteiger partial charge on any atom is 0.326 e. The molecule has 1 aromatic carbocycles. The Hall–Kier alpha value is -2.15. The molecule has 0 radical (unpaired) electrons. The molecule has 0 aliphatic rings. The van der Waals surface area contributed by atoms with Gasteiger partial charge in [0.05, 0.1) is 0 Å². The van der Waals surface area contributed by atoms with Gasteiger partial charge < -0.3 is 21.5 Å². The molecule has 1 heterocycles. The first kappa shape index (κ1) is 22.1. The number of unbranched alkanes of at least 4 members (excludes halogenated alkanes) is 1. The molecule has 0 saturated carbocycles. The number of esters is 1. The molecule has 0 aliphatic heterocycles. The summed E-state index contributed by atoms with van der Waals surface area (Å²) >= 11 is 5.98. The molecule has 28 heavy (non-hydrogen) atoms. The van der Waals surface area contributed by atoms with Gasteiger partial charge in [-0.25, -0.2) is 4.98 Å². The van der Waals surface area contributed by atoms with Crippen LogP contribution in [0.25, 0.3) is 0 Å². The molecule has 5 N–H and O–H groups in total. The monoisotopic (exact) mass is 404 g/mol. The van der Waals surface area contributed by atoms with Crippen LogP contribution in [0.3, 0.4) is 0 Å². The number of carbonyl (C=O) groups excluding carboxylic acids is 1. The maximum absolute atomic E-state index is 12.6. The number of nitrogens with one attached hydrogen (secondary N) is 1. The number of halogens is 1. The number of nitrogens with zero attached hydrogens (tertiary/aromatic N) is 1. The smallest absolute Gasteiger partial charge is 0.326 e. The van der Waals surface area contributed by atoms with E-state index in [1.807, 2.05) is 12.1 Å². The first-order valence-electron chi connectivity index (χ1n) is 9.42. The first-order valence-corrected chi connectivity index (χ1v) is 9.80. The molecule has 2 aromatic rings. The second-order valence-corrected chi connectivity index (χ2v) is 7.56. The van der Waals surface area contributed by atoms with E-state index in [0.717, 1.165) is 30.4 Å². The molecule has 0 bridgehead atoms. The van der Waals surface area contributed by atoms with Gasteiger partial charge in [0.1, 0.15) is 23.1 Å². The molecule has 0 aliphatic carbocycles. The summed E-state index contributed by atoms with van der Waals surface area (Å²) in [6.07, 6.45) is 3.41. The Bertz CT molecular complexity index is 796. The van der Waals surface area contributed by atoms with Gasteiger partial charge >= 0.3 is 5.97 Å². The molecule has 1 atom stereocenters. The van der Waals surface area contributed by atoms with Crippen molar-refractivity contribution < 1.29 is 9.53 Å². The molecule has 1 unspecified atom stereocenters. The van der Waals surface area contributed by atoms with Gasteiger partial charge in [-0.05, 0) is 61.6 Å². The number of carbonyl (C=O) groups is 1. The fourth-order valence-corrected chi connectivity index (χ4v) is 3.17. The van der Waals surface area contributed by atoms with E-state index in [9.17, 15) is 4.79 Å². The van der Waals surface area contributed by atoms with Crippen molar-refractivity contribution in [3.8, 4) is 0 Å². The molecule has 0 saturated heterocycles. The van der Waals surface area contributed by atoms with Crippen LogP contribution >= 0.6 is 11.6 Å². The van der Waals surface area contributed by atoms with Crippen LogP contribution in [0.2, 0.25) is 5.15 Å². The molecule has 0 amide bonds. The Morgan fingerprint density at radius 2 is 1.96 bits per heavy atom. The number of hydrogen-bond donors (Lipinski definition) is 3. The van der Waals surface area contributed by atoms with E-state index in [1.165, 1.54) is 5.56 Å². The lowest BCUT2D eigenvalue weighted by molar-refractivity contribution is -0.150. The standard InChI is InChI=1S/C21H29ClN4O2/c1-21(24,13-16-8-5-7-15(10-16)6-3-4-9-23)20(27)28-14-17-11-18(22)26-19(12-17)25-2/h5,7-8,10-12H,3-4,6,9,13-14,23-24H2,1-2H3,(H,25,26). The number of aryl methyl sites for hydroxylation is 1. The second-order valence-electron chi connectivity index (χ2n) is 7.17. The van der Waals surface area contributed by atoms with Crippen molar-refractivity contribution in [2.24, 2.45) is 11.5 Å². The number of hydrogen-bond acceptors (Lipinski definition) is 6. The minimum Gasteiger partial charge on any atom is -0.459 e. The zero-order chi connectivity index (χ0) is 20.6. The number of aromatic nitrogens is 1. The topological polar surface area (TPSA) is 103 Å². The van der Waals surface area contributed by atoms with Crippen LogP contribution in [0, 0.1) is 0 Å². The summed E-state index contributed by atoms with van der Waals surface area (Å²) in [5.74, 6) is 0.153. The molecule has 2 rings (SSSR count). The largest absolute Gasteiger partial charge is 0.459 e. The highest BCUT2D eigenvalue weighted by Crippen LogP contribution is 2.18. The highest BCUT2D eigenvalue weighted by atomic mass is 35.5. The lowest BCUT2D eigenvalue weighted by Gasteiger charge is -2.23. The maximum atomic E-state index is 12.6. The average molecular weight is 405 g/mol.